The monoisotopic (exact) mass is 232 g/mol. The smallest absolute Gasteiger partial charge is 0.115 e. The van der Waals surface area contributed by atoms with Crippen LogP contribution in [0.4, 0.5) is 0 Å². The van der Waals surface area contributed by atoms with Crippen molar-refractivity contribution in [1.29, 1.82) is 0 Å². The highest BCUT2D eigenvalue weighted by molar-refractivity contribution is 5.92. The van der Waals surface area contributed by atoms with Gasteiger partial charge in [0, 0.05) is 6.20 Å². The fourth-order valence-electron chi connectivity index (χ4n) is 1.97. The highest BCUT2D eigenvalue weighted by atomic mass is 14.8. The maximum Gasteiger partial charge on any atom is 0.115 e. The first-order valence-corrected chi connectivity index (χ1v) is 5.85. The molecule has 2 heteroatoms. The Morgan fingerprint density at radius 2 is 1.72 bits per heavy atom. The van der Waals surface area contributed by atoms with Crippen LogP contribution >= 0.6 is 0 Å². The Kier molecular flexibility index (Phi) is 2.84. The third-order valence-electron chi connectivity index (χ3n) is 2.86. The van der Waals surface area contributed by atoms with E-state index < -0.39 is 0 Å². The van der Waals surface area contributed by atoms with Crippen LogP contribution in [0.2, 0.25) is 0 Å². The number of aromatic nitrogens is 2. The van der Waals surface area contributed by atoms with Crippen molar-refractivity contribution in [2.45, 2.75) is 0 Å². The molecule has 0 saturated heterocycles. The first-order chi connectivity index (χ1) is 8.93. The zero-order valence-electron chi connectivity index (χ0n) is 9.82. The van der Waals surface area contributed by atoms with Gasteiger partial charge in [-0.3, -0.25) is 0 Å². The third-order valence-corrected chi connectivity index (χ3v) is 2.86. The number of hydrogen-bond acceptors (Lipinski definition) is 2. The summed E-state index contributed by atoms with van der Waals surface area (Å²) in [5.41, 5.74) is 2.12. The molecule has 1 heterocycles. The molecule has 0 aliphatic heterocycles. The van der Waals surface area contributed by atoms with E-state index in [1.54, 1.807) is 12.5 Å². The lowest BCUT2D eigenvalue weighted by Crippen LogP contribution is -1.81. The predicted octanol–water partition coefficient (Wildman–Crippen LogP) is 3.80. The largest absolute Gasteiger partial charge is 0.245 e. The molecule has 0 atom stereocenters. The van der Waals surface area contributed by atoms with Gasteiger partial charge in [-0.25, -0.2) is 9.97 Å². The molecule has 0 unspecified atom stereocenters. The van der Waals surface area contributed by atoms with E-state index in [1.807, 2.05) is 12.1 Å². The van der Waals surface area contributed by atoms with Gasteiger partial charge in [0.25, 0.3) is 0 Å². The van der Waals surface area contributed by atoms with Gasteiger partial charge in [0.05, 0.1) is 5.69 Å². The van der Waals surface area contributed by atoms with Crippen molar-refractivity contribution in [2.75, 3.05) is 0 Å². The van der Waals surface area contributed by atoms with E-state index in [-0.39, 0.29) is 0 Å². The molecule has 0 N–H and O–H groups in total. The summed E-state index contributed by atoms with van der Waals surface area (Å²) in [4.78, 5) is 8.08. The molecular formula is C16H12N2. The summed E-state index contributed by atoms with van der Waals surface area (Å²) in [6, 6.07) is 16.6. The molecule has 18 heavy (non-hydrogen) atoms. The Hall–Kier alpha value is -2.48. The van der Waals surface area contributed by atoms with Crippen LogP contribution in [-0.4, -0.2) is 9.97 Å². The van der Waals surface area contributed by atoms with Gasteiger partial charge in [-0.2, -0.15) is 0 Å². The van der Waals surface area contributed by atoms with Gasteiger partial charge in [-0.15, -0.1) is 0 Å². The Balaban J connectivity index is 2.03. The summed E-state index contributed by atoms with van der Waals surface area (Å²) < 4.78 is 0. The van der Waals surface area contributed by atoms with Gasteiger partial charge in [-0.05, 0) is 28.5 Å². The molecule has 3 aromatic rings. The summed E-state index contributed by atoms with van der Waals surface area (Å²) in [7, 11) is 0. The van der Waals surface area contributed by atoms with Crippen molar-refractivity contribution in [1.82, 2.24) is 9.97 Å². The summed E-state index contributed by atoms with van der Waals surface area (Å²) in [5, 5.41) is 2.51. The second kappa shape index (κ2) is 4.80. The first-order valence-electron chi connectivity index (χ1n) is 5.85. The SMILES string of the molecule is C(=Cc1cccc2ccccc12)c1ccncn1. The number of fused-ring (bicyclic) bond motifs is 1. The van der Waals surface area contributed by atoms with Crippen molar-refractivity contribution in [3.63, 3.8) is 0 Å². The van der Waals surface area contributed by atoms with Gasteiger partial charge < -0.3 is 0 Å². The first kappa shape index (κ1) is 10.7. The zero-order valence-corrected chi connectivity index (χ0v) is 9.82. The van der Waals surface area contributed by atoms with E-state index in [9.17, 15) is 0 Å². The lowest BCUT2D eigenvalue weighted by atomic mass is 10.0. The normalized spacial score (nSPS) is 11.1. The van der Waals surface area contributed by atoms with Gasteiger partial charge in [0.2, 0.25) is 0 Å². The van der Waals surface area contributed by atoms with E-state index in [2.05, 4.69) is 58.5 Å². The number of rotatable bonds is 2. The van der Waals surface area contributed by atoms with Gasteiger partial charge in [0.15, 0.2) is 0 Å². The standard InChI is InChI=1S/C16H12N2/c1-2-7-16-13(4-1)5-3-6-14(16)8-9-15-10-11-17-12-18-15/h1-12H. The minimum absolute atomic E-state index is 0.915. The third kappa shape index (κ3) is 2.13. The van der Waals surface area contributed by atoms with E-state index in [1.165, 1.54) is 16.3 Å². The highest BCUT2D eigenvalue weighted by Crippen LogP contribution is 2.20. The Morgan fingerprint density at radius 1 is 0.833 bits per heavy atom. The molecule has 0 aliphatic carbocycles. The maximum atomic E-state index is 4.18. The lowest BCUT2D eigenvalue weighted by molar-refractivity contribution is 1.15. The van der Waals surface area contributed by atoms with Gasteiger partial charge in [0.1, 0.15) is 6.33 Å². The molecule has 2 aromatic carbocycles. The van der Waals surface area contributed by atoms with Crippen LogP contribution < -0.4 is 0 Å². The molecule has 2 nitrogen and oxygen atoms in total. The number of nitrogens with zero attached hydrogens (tertiary/aromatic N) is 2. The van der Waals surface area contributed by atoms with Crippen LogP contribution in [-0.2, 0) is 0 Å². The van der Waals surface area contributed by atoms with Crippen LogP contribution in [0.1, 0.15) is 11.3 Å². The lowest BCUT2D eigenvalue weighted by Gasteiger charge is -2.01. The molecule has 0 radical (unpaired) electrons. The molecule has 0 amide bonds. The summed E-state index contributed by atoms with van der Waals surface area (Å²) >= 11 is 0. The average Bonchev–Trinajstić information content (AvgIpc) is 2.46. The molecular weight excluding hydrogens is 220 g/mol. The fourth-order valence-corrected chi connectivity index (χ4v) is 1.97. The van der Waals surface area contributed by atoms with Crippen LogP contribution in [0.15, 0.2) is 61.1 Å². The van der Waals surface area contributed by atoms with Crippen molar-refractivity contribution >= 4 is 22.9 Å². The summed E-state index contributed by atoms with van der Waals surface area (Å²) in [6.45, 7) is 0. The van der Waals surface area contributed by atoms with Crippen molar-refractivity contribution in [3.05, 3.63) is 72.3 Å². The topological polar surface area (TPSA) is 25.8 Å². The quantitative estimate of drug-likeness (QED) is 0.671. The van der Waals surface area contributed by atoms with Crippen LogP contribution in [0, 0.1) is 0 Å². The van der Waals surface area contributed by atoms with Crippen molar-refractivity contribution in [3.8, 4) is 0 Å². The predicted molar refractivity (Wildman–Crippen MR) is 74.9 cm³/mol. The molecule has 0 saturated carbocycles. The van der Waals surface area contributed by atoms with Crippen LogP contribution in [0.3, 0.4) is 0 Å². The highest BCUT2D eigenvalue weighted by Gasteiger charge is 1.96. The minimum atomic E-state index is 0.915. The van der Waals surface area contributed by atoms with Crippen LogP contribution in [0.5, 0.6) is 0 Å². The molecule has 0 bridgehead atoms. The van der Waals surface area contributed by atoms with Crippen LogP contribution in [0.25, 0.3) is 22.9 Å². The second-order valence-electron chi connectivity index (χ2n) is 4.04. The molecule has 1 aromatic heterocycles. The average molecular weight is 232 g/mol. The van der Waals surface area contributed by atoms with E-state index in [0.717, 1.165) is 5.69 Å². The van der Waals surface area contributed by atoms with E-state index in [0.29, 0.717) is 0 Å². The zero-order chi connectivity index (χ0) is 12.2. The molecule has 0 aliphatic rings. The summed E-state index contributed by atoms with van der Waals surface area (Å²) in [5.74, 6) is 0. The molecule has 0 spiro atoms. The number of hydrogen-bond donors (Lipinski definition) is 0. The molecule has 86 valence electrons. The molecule has 3 rings (SSSR count). The number of benzene rings is 2. The van der Waals surface area contributed by atoms with Crippen molar-refractivity contribution < 1.29 is 0 Å². The summed E-state index contributed by atoms with van der Waals surface area (Å²) in [6.07, 6.45) is 7.40. The van der Waals surface area contributed by atoms with Gasteiger partial charge >= 0.3 is 0 Å². The van der Waals surface area contributed by atoms with E-state index >= 15 is 0 Å². The Labute approximate surface area is 106 Å². The minimum Gasteiger partial charge on any atom is -0.245 e. The maximum absolute atomic E-state index is 4.18. The Bertz CT molecular complexity index is 682. The molecule has 0 fully saturated rings. The van der Waals surface area contributed by atoms with Crippen molar-refractivity contribution in [2.24, 2.45) is 0 Å². The Morgan fingerprint density at radius 3 is 2.61 bits per heavy atom. The fraction of sp³-hybridized carbons (Fsp3) is 0. The second-order valence-corrected chi connectivity index (χ2v) is 4.04. The van der Waals surface area contributed by atoms with E-state index in [4.69, 9.17) is 0 Å². The van der Waals surface area contributed by atoms with Gasteiger partial charge in [-0.1, -0.05) is 48.5 Å².